The van der Waals surface area contributed by atoms with E-state index in [0.717, 1.165) is 9.88 Å². The van der Waals surface area contributed by atoms with E-state index in [1.54, 1.807) is 30.5 Å². The van der Waals surface area contributed by atoms with Gasteiger partial charge >= 0.3 is 0 Å². The van der Waals surface area contributed by atoms with Gasteiger partial charge in [-0.2, -0.15) is 0 Å². The van der Waals surface area contributed by atoms with Crippen molar-refractivity contribution in [3.63, 3.8) is 0 Å². The van der Waals surface area contributed by atoms with E-state index in [4.69, 9.17) is 5.84 Å². The van der Waals surface area contributed by atoms with Crippen molar-refractivity contribution in [3.8, 4) is 0 Å². The Hall–Kier alpha value is -2.06. The zero-order valence-corrected chi connectivity index (χ0v) is 11.4. The van der Waals surface area contributed by atoms with Gasteiger partial charge < -0.3 is 5.32 Å². The molecule has 2 aromatic heterocycles. The second-order valence-electron chi connectivity index (χ2n) is 3.89. The van der Waals surface area contributed by atoms with E-state index >= 15 is 0 Å². The molecule has 0 unspecified atom stereocenters. The third-order valence-corrected chi connectivity index (χ3v) is 3.22. The fourth-order valence-electron chi connectivity index (χ4n) is 1.49. The number of hydrogen-bond donors (Lipinski definition) is 3. The minimum Gasteiger partial charge on any atom is -0.346 e. The zero-order chi connectivity index (χ0) is 13.8. The summed E-state index contributed by atoms with van der Waals surface area (Å²) >= 11 is 1.54. The van der Waals surface area contributed by atoms with Crippen molar-refractivity contribution in [1.82, 2.24) is 20.3 Å². The fourth-order valence-corrected chi connectivity index (χ4v) is 2.23. The molecule has 0 radical (unpaired) electrons. The number of nitrogen functional groups attached to an aromatic ring is 1. The van der Waals surface area contributed by atoms with Crippen molar-refractivity contribution in [3.05, 3.63) is 33.5 Å². The van der Waals surface area contributed by atoms with Crippen LogP contribution in [0.1, 0.15) is 26.1 Å². The molecule has 1 amide bonds. The van der Waals surface area contributed by atoms with E-state index < -0.39 is 0 Å². The molecule has 0 aliphatic heterocycles. The quantitative estimate of drug-likeness (QED) is 0.563. The standard InChI is InChI=1S/C11H14N6OS/c1-6-3-9(16-11(15-6)17-12)10(18)14-5-8-4-13-7(2)19-8/h3-4H,5,12H2,1-2H3,(H,14,18)(H,15,16,17). The number of hydrogen-bond acceptors (Lipinski definition) is 7. The highest BCUT2D eigenvalue weighted by molar-refractivity contribution is 7.11. The Balaban J connectivity index is 2.05. The number of aromatic nitrogens is 3. The van der Waals surface area contributed by atoms with Gasteiger partial charge in [0, 0.05) is 16.8 Å². The molecule has 100 valence electrons. The summed E-state index contributed by atoms with van der Waals surface area (Å²) in [6, 6.07) is 1.61. The molecule has 4 N–H and O–H groups in total. The molecular weight excluding hydrogens is 264 g/mol. The van der Waals surface area contributed by atoms with Gasteiger partial charge in [0.05, 0.1) is 11.6 Å². The van der Waals surface area contributed by atoms with Crippen LogP contribution >= 0.6 is 11.3 Å². The number of carbonyl (C=O) groups excluding carboxylic acids is 1. The Morgan fingerprint density at radius 2 is 2.21 bits per heavy atom. The number of anilines is 1. The second kappa shape index (κ2) is 5.72. The average Bonchev–Trinajstić information content (AvgIpc) is 2.81. The summed E-state index contributed by atoms with van der Waals surface area (Å²) in [4.78, 5) is 25.1. The topological polar surface area (TPSA) is 106 Å². The van der Waals surface area contributed by atoms with Gasteiger partial charge in [-0.25, -0.2) is 20.8 Å². The molecule has 0 atom stereocenters. The Bertz CT molecular complexity index is 597. The Kier molecular flexibility index (Phi) is 4.03. The van der Waals surface area contributed by atoms with Crippen LogP contribution in [0.3, 0.4) is 0 Å². The van der Waals surface area contributed by atoms with Crippen LogP contribution in [0, 0.1) is 13.8 Å². The zero-order valence-electron chi connectivity index (χ0n) is 10.6. The summed E-state index contributed by atoms with van der Waals surface area (Å²) in [6.07, 6.45) is 1.75. The maximum Gasteiger partial charge on any atom is 0.270 e. The number of nitrogens with one attached hydrogen (secondary N) is 2. The van der Waals surface area contributed by atoms with Crippen LogP contribution in [0.2, 0.25) is 0 Å². The van der Waals surface area contributed by atoms with Gasteiger partial charge in [-0.15, -0.1) is 11.3 Å². The van der Waals surface area contributed by atoms with Gasteiger partial charge in [-0.05, 0) is 19.9 Å². The fraction of sp³-hybridized carbons (Fsp3) is 0.273. The molecule has 0 fully saturated rings. The molecule has 0 aliphatic rings. The molecule has 0 saturated heterocycles. The van der Waals surface area contributed by atoms with E-state index in [-0.39, 0.29) is 17.5 Å². The number of nitrogens with zero attached hydrogens (tertiary/aromatic N) is 3. The van der Waals surface area contributed by atoms with Gasteiger partial charge in [-0.1, -0.05) is 0 Å². The molecule has 2 heterocycles. The minimum absolute atomic E-state index is 0.221. The van der Waals surface area contributed by atoms with Crippen LogP contribution < -0.4 is 16.6 Å². The van der Waals surface area contributed by atoms with Crippen LogP contribution in [0.15, 0.2) is 12.3 Å². The predicted octanol–water partition coefficient (Wildman–Crippen LogP) is 0.766. The highest BCUT2D eigenvalue weighted by Crippen LogP contribution is 2.11. The maximum atomic E-state index is 12.0. The van der Waals surface area contributed by atoms with Gasteiger partial charge in [0.1, 0.15) is 5.69 Å². The third-order valence-electron chi connectivity index (χ3n) is 2.31. The molecule has 7 nitrogen and oxygen atoms in total. The van der Waals surface area contributed by atoms with E-state index in [0.29, 0.717) is 12.2 Å². The first-order valence-electron chi connectivity index (χ1n) is 5.60. The van der Waals surface area contributed by atoms with E-state index in [1.165, 1.54) is 0 Å². The molecule has 0 spiro atoms. The number of rotatable bonds is 4. The molecule has 0 aliphatic carbocycles. The van der Waals surface area contributed by atoms with Crippen molar-refractivity contribution in [2.24, 2.45) is 5.84 Å². The summed E-state index contributed by atoms with van der Waals surface area (Å²) < 4.78 is 0. The SMILES string of the molecule is Cc1cc(C(=O)NCc2cnc(C)s2)nc(NN)n1. The second-order valence-corrected chi connectivity index (χ2v) is 5.21. The Morgan fingerprint density at radius 1 is 1.42 bits per heavy atom. The number of aryl methyl sites for hydroxylation is 2. The van der Waals surface area contributed by atoms with Crippen molar-refractivity contribution >= 4 is 23.2 Å². The Morgan fingerprint density at radius 3 is 2.84 bits per heavy atom. The minimum atomic E-state index is -0.270. The summed E-state index contributed by atoms with van der Waals surface area (Å²) in [5.41, 5.74) is 3.28. The monoisotopic (exact) mass is 278 g/mol. The first kappa shape index (κ1) is 13.4. The smallest absolute Gasteiger partial charge is 0.270 e. The Labute approximate surface area is 114 Å². The first-order valence-corrected chi connectivity index (χ1v) is 6.42. The number of hydrazine groups is 1. The van der Waals surface area contributed by atoms with E-state index in [9.17, 15) is 4.79 Å². The molecule has 0 saturated carbocycles. The highest BCUT2D eigenvalue weighted by atomic mass is 32.1. The van der Waals surface area contributed by atoms with Crippen molar-refractivity contribution in [2.75, 3.05) is 5.43 Å². The largest absolute Gasteiger partial charge is 0.346 e. The average molecular weight is 278 g/mol. The van der Waals surface area contributed by atoms with Crippen molar-refractivity contribution in [1.29, 1.82) is 0 Å². The number of nitrogens with two attached hydrogens (primary N) is 1. The van der Waals surface area contributed by atoms with Gasteiger partial charge in [-0.3, -0.25) is 10.2 Å². The predicted molar refractivity (Wildman–Crippen MR) is 72.6 cm³/mol. The van der Waals surface area contributed by atoms with Crippen molar-refractivity contribution < 1.29 is 4.79 Å². The lowest BCUT2D eigenvalue weighted by Gasteiger charge is -2.05. The van der Waals surface area contributed by atoms with Crippen LogP contribution in [-0.4, -0.2) is 20.9 Å². The number of amides is 1. The molecule has 2 rings (SSSR count). The highest BCUT2D eigenvalue weighted by Gasteiger charge is 2.10. The molecule has 19 heavy (non-hydrogen) atoms. The van der Waals surface area contributed by atoms with Crippen molar-refractivity contribution in [2.45, 2.75) is 20.4 Å². The molecule has 8 heteroatoms. The molecule has 2 aromatic rings. The summed E-state index contributed by atoms with van der Waals surface area (Å²) in [5.74, 6) is 5.19. The molecule has 0 aromatic carbocycles. The normalized spacial score (nSPS) is 10.3. The lowest BCUT2D eigenvalue weighted by molar-refractivity contribution is 0.0946. The number of carbonyl (C=O) groups is 1. The lowest BCUT2D eigenvalue weighted by atomic mass is 10.3. The number of thiazole rings is 1. The third kappa shape index (κ3) is 3.46. The lowest BCUT2D eigenvalue weighted by Crippen LogP contribution is -2.24. The summed E-state index contributed by atoms with van der Waals surface area (Å²) in [7, 11) is 0. The molecule has 0 bridgehead atoms. The first-order chi connectivity index (χ1) is 9.08. The van der Waals surface area contributed by atoms with Gasteiger partial charge in [0.25, 0.3) is 5.91 Å². The van der Waals surface area contributed by atoms with E-state index in [2.05, 4.69) is 25.7 Å². The van der Waals surface area contributed by atoms with Gasteiger partial charge in [0.2, 0.25) is 5.95 Å². The van der Waals surface area contributed by atoms with Crippen LogP contribution in [0.4, 0.5) is 5.95 Å². The van der Waals surface area contributed by atoms with Crippen LogP contribution in [-0.2, 0) is 6.54 Å². The van der Waals surface area contributed by atoms with Crippen LogP contribution in [0.25, 0.3) is 0 Å². The molecular formula is C11H14N6OS. The maximum absolute atomic E-state index is 12.0. The van der Waals surface area contributed by atoms with Gasteiger partial charge in [0.15, 0.2) is 0 Å². The van der Waals surface area contributed by atoms with E-state index in [1.807, 2.05) is 6.92 Å². The summed E-state index contributed by atoms with van der Waals surface area (Å²) in [5, 5.41) is 3.75. The van der Waals surface area contributed by atoms with Crippen LogP contribution in [0.5, 0.6) is 0 Å². The summed E-state index contributed by atoms with van der Waals surface area (Å²) in [6.45, 7) is 4.12.